The molecule has 0 radical (unpaired) electrons. The first-order valence-corrected chi connectivity index (χ1v) is 8.75. The average Bonchev–Trinajstić information content (AvgIpc) is 3.05. The molecule has 0 amide bonds. The van der Waals surface area contributed by atoms with Crippen LogP contribution in [0.3, 0.4) is 0 Å². The van der Waals surface area contributed by atoms with Crippen molar-refractivity contribution in [2.45, 2.75) is 19.4 Å². The van der Waals surface area contributed by atoms with Gasteiger partial charge in [-0.3, -0.25) is 10.1 Å². The van der Waals surface area contributed by atoms with E-state index in [1.807, 2.05) is 26.0 Å². The molecule has 0 aliphatic carbocycles. The summed E-state index contributed by atoms with van der Waals surface area (Å²) in [5.41, 5.74) is 1.92. The summed E-state index contributed by atoms with van der Waals surface area (Å²) in [5.74, 6) is 1.64. The molecule has 3 rings (SSSR count). The van der Waals surface area contributed by atoms with Gasteiger partial charge in [-0.1, -0.05) is 18.2 Å². The van der Waals surface area contributed by atoms with Gasteiger partial charge in [0.25, 0.3) is 5.69 Å². The Morgan fingerprint density at radius 1 is 1.18 bits per heavy atom. The van der Waals surface area contributed by atoms with Gasteiger partial charge in [-0.2, -0.15) is 0 Å². The van der Waals surface area contributed by atoms with Gasteiger partial charge in [0.1, 0.15) is 6.61 Å². The second-order valence-electron chi connectivity index (χ2n) is 6.97. The van der Waals surface area contributed by atoms with Crippen molar-refractivity contribution in [1.29, 1.82) is 0 Å². The van der Waals surface area contributed by atoms with Crippen molar-refractivity contribution in [3.05, 3.63) is 63.2 Å². The van der Waals surface area contributed by atoms with Crippen molar-refractivity contribution in [2.75, 3.05) is 20.8 Å². The number of aliphatic imine (C=N–C) groups is 1. The molecule has 0 fully saturated rings. The zero-order valence-corrected chi connectivity index (χ0v) is 16.3. The molecular weight excluding hydrogens is 360 g/mol. The molecule has 0 spiro atoms. The van der Waals surface area contributed by atoms with E-state index in [1.54, 1.807) is 38.5 Å². The number of non-ortho nitro benzene ring substituents is 1. The van der Waals surface area contributed by atoms with E-state index in [2.05, 4.69) is 4.99 Å². The van der Waals surface area contributed by atoms with Crippen LogP contribution >= 0.6 is 0 Å². The molecule has 0 aromatic heterocycles. The van der Waals surface area contributed by atoms with E-state index < -0.39 is 4.92 Å². The molecule has 0 saturated heterocycles. The Bertz CT molecular complexity index is 963. The third kappa shape index (κ3) is 3.98. The van der Waals surface area contributed by atoms with Crippen LogP contribution in [0.1, 0.15) is 30.5 Å². The largest absolute Gasteiger partial charge is 0.493 e. The molecule has 2 aromatic carbocycles. The number of nitro benzene ring substituents is 1. The van der Waals surface area contributed by atoms with Crippen LogP contribution in [-0.4, -0.2) is 37.2 Å². The van der Waals surface area contributed by atoms with E-state index in [9.17, 15) is 10.1 Å². The van der Waals surface area contributed by atoms with Crippen molar-refractivity contribution in [3.8, 4) is 11.5 Å². The van der Waals surface area contributed by atoms with Crippen molar-refractivity contribution in [1.82, 2.24) is 0 Å². The Kier molecular flexibility index (Phi) is 5.35. The predicted octanol–water partition coefficient (Wildman–Crippen LogP) is 4.34. The lowest BCUT2D eigenvalue weighted by Gasteiger charge is -2.14. The Hall–Kier alpha value is -3.35. The van der Waals surface area contributed by atoms with E-state index in [0.29, 0.717) is 29.6 Å². The van der Waals surface area contributed by atoms with Crippen LogP contribution in [0.5, 0.6) is 11.5 Å². The lowest BCUT2D eigenvalue weighted by atomic mass is 10.0. The fraction of sp³-hybridized carbons (Fsp3) is 0.286. The lowest BCUT2D eigenvalue weighted by molar-refractivity contribution is -0.384. The highest BCUT2D eigenvalue weighted by Crippen LogP contribution is 2.36. The number of methoxy groups -OCH3 is 2. The highest BCUT2D eigenvalue weighted by Gasteiger charge is 2.29. The van der Waals surface area contributed by atoms with Crippen LogP contribution in [0, 0.1) is 10.1 Å². The quantitative estimate of drug-likeness (QED) is 0.422. The Morgan fingerprint density at radius 2 is 1.96 bits per heavy atom. The molecule has 2 aromatic rings. The molecule has 1 aliphatic heterocycles. The summed E-state index contributed by atoms with van der Waals surface area (Å²) in [5, 5.41) is 11.0. The van der Waals surface area contributed by atoms with Crippen LogP contribution < -0.4 is 9.47 Å². The maximum Gasteiger partial charge on any atom is 0.270 e. The van der Waals surface area contributed by atoms with Crippen LogP contribution in [0.4, 0.5) is 5.69 Å². The van der Waals surface area contributed by atoms with Crippen molar-refractivity contribution in [3.63, 3.8) is 0 Å². The van der Waals surface area contributed by atoms with Gasteiger partial charge < -0.3 is 14.2 Å². The maximum atomic E-state index is 11.0. The summed E-state index contributed by atoms with van der Waals surface area (Å²) in [6.45, 7) is 4.49. The minimum absolute atomic E-state index is 0.0326. The predicted molar refractivity (Wildman–Crippen MR) is 108 cm³/mol. The van der Waals surface area contributed by atoms with Crippen LogP contribution in [0.25, 0.3) is 12.2 Å². The number of nitro groups is 1. The molecule has 0 unspecified atom stereocenters. The molecule has 7 nitrogen and oxygen atoms in total. The third-order valence-electron chi connectivity index (χ3n) is 4.30. The first kappa shape index (κ1) is 19.4. The fourth-order valence-electron chi connectivity index (χ4n) is 2.95. The molecule has 28 heavy (non-hydrogen) atoms. The molecule has 1 heterocycles. The zero-order chi connectivity index (χ0) is 20.3. The Morgan fingerprint density at radius 3 is 2.57 bits per heavy atom. The van der Waals surface area contributed by atoms with Gasteiger partial charge in [0.2, 0.25) is 5.90 Å². The first-order valence-electron chi connectivity index (χ1n) is 8.75. The molecule has 7 heteroatoms. The highest BCUT2D eigenvalue weighted by atomic mass is 16.6. The third-order valence-corrected chi connectivity index (χ3v) is 4.30. The molecule has 1 aliphatic rings. The first-order chi connectivity index (χ1) is 13.3. The Labute approximate surface area is 163 Å². The van der Waals surface area contributed by atoms with E-state index >= 15 is 0 Å². The summed E-state index contributed by atoms with van der Waals surface area (Å²) in [6, 6.07) is 10.1. The van der Waals surface area contributed by atoms with Gasteiger partial charge in [0.15, 0.2) is 11.5 Å². The average molecular weight is 382 g/mol. The molecule has 146 valence electrons. The Balaban J connectivity index is 2.10. The smallest absolute Gasteiger partial charge is 0.270 e. The van der Waals surface area contributed by atoms with E-state index in [-0.39, 0.29) is 11.2 Å². The summed E-state index contributed by atoms with van der Waals surface area (Å²) in [4.78, 5) is 15.2. The second-order valence-corrected chi connectivity index (χ2v) is 6.97. The summed E-state index contributed by atoms with van der Waals surface area (Å²) in [7, 11) is 3.13. The summed E-state index contributed by atoms with van der Waals surface area (Å²) >= 11 is 0. The number of rotatable bonds is 6. The van der Waals surface area contributed by atoms with Crippen LogP contribution in [-0.2, 0) is 4.74 Å². The fourth-order valence-corrected chi connectivity index (χ4v) is 2.95. The van der Waals surface area contributed by atoms with Gasteiger partial charge >= 0.3 is 0 Å². The summed E-state index contributed by atoms with van der Waals surface area (Å²) < 4.78 is 16.8. The number of hydrogen-bond donors (Lipinski definition) is 0. The highest BCUT2D eigenvalue weighted by molar-refractivity contribution is 6.01. The minimum Gasteiger partial charge on any atom is -0.493 e. The van der Waals surface area contributed by atoms with Gasteiger partial charge in [-0.05, 0) is 37.6 Å². The molecule has 0 saturated carbocycles. The van der Waals surface area contributed by atoms with E-state index in [4.69, 9.17) is 14.2 Å². The van der Waals surface area contributed by atoms with Crippen molar-refractivity contribution in [2.24, 2.45) is 4.99 Å². The maximum absolute atomic E-state index is 11.0. The van der Waals surface area contributed by atoms with E-state index in [0.717, 1.165) is 11.1 Å². The summed E-state index contributed by atoms with van der Waals surface area (Å²) in [6.07, 6.45) is 3.61. The van der Waals surface area contributed by atoms with Gasteiger partial charge in [-0.25, -0.2) is 4.99 Å². The SMILES string of the molecule is COc1ccc(C2=NC(C)(C)CO2)c(/C=C/c2cccc([N+](=O)[O-])c2)c1OC. The standard InChI is InChI=1S/C21H22N2O5/c1-21(2)13-28-20(22-21)17-10-11-18(26-3)19(27-4)16(17)9-8-14-6-5-7-15(12-14)23(24)25/h5-12H,13H2,1-4H3/b9-8+. The van der Waals surface area contributed by atoms with E-state index in [1.165, 1.54) is 12.1 Å². The van der Waals surface area contributed by atoms with Gasteiger partial charge in [0, 0.05) is 23.3 Å². The lowest BCUT2D eigenvalue weighted by Crippen LogP contribution is -2.17. The zero-order valence-electron chi connectivity index (χ0n) is 16.3. The molecular formula is C21H22N2O5. The number of ether oxygens (including phenoxy) is 3. The monoisotopic (exact) mass is 382 g/mol. The molecule has 0 atom stereocenters. The normalized spacial score (nSPS) is 15.2. The topological polar surface area (TPSA) is 83.2 Å². The van der Waals surface area contributed by atoms with Crippen molar-refractivity contribution >= 4 is 23.7 Å². The van der Waals surface area contributed by atoms with Crippen LogP contribution in [0.15, 0.2) is 41.4 Å². The number of benzene rings is 2. The minimum atomic E-state index is -0.419. The van der Waals surface area contributed by atoms with Gasteiger partial charge in [-0.15, -0.1) is 0 Å². The molecule has 0 N–H and O–H groups in total. The number of hydrogen-bond acceptors (Lipinski definition) is 6. The molecule has 0 bridgehead atoms. The second kappa shape index (κ2) is 7.72. The number of nitrogens with zero attached hydrogens (tertiary/aromatic N) is 2. The van der Waals surface area contributed by atoms with Crippen molar-refractivity contribution < 1.29 is 19.1 Å². The van der Waals surface area contributed by atoms with Crippen LogP contribution in [0.2, 0.25) is 0 Å². The van der Waals surface area contributed by atoms with Gasteiger partial charge in [0.05, 0.1) is 24.7 Å².